The second-order valence-corrected chi connectivity index (χ2v) is 2.86. The zero-order valence-electron chi connectivity index (χ0n) is 7.28. The minimum atomic E-state index is -0.416. The molecule has 1 fully saturated rings. The van der Waals surface area contributed by atoms with Crippen molar-refractivity contribution in [2.24, 2.45) is 0 Å². The number of hydrogen-bond donors (Lipinski definition) is 0. The van der Waals surface area contributed by atoms with Crippen LogP contribution in [0, 0.1) is 11.3 Å². The summed E-state index contributed by atoms with van der Waals surface area (Å²) in [6.45, 7) is 3.53. The number of rotatable bonds is 5. The van der Waals surface area contributed by atoms with Crippen LogP contribution < -0.4 is 0 Å². The summed E-state index contributed by atoms with van der Waals surface area (Å²) in [4.78, 5) is 11.1. The number of hydrogen-bond acceptors (Lipinski definition) is 4. The number of carbonyl (C=O) groups excluding carboxylic acids is 1. The van der Waals surface area contributed by atoms with E-state index < -0.39 is 5.97 Å². The summed E-state index contributed by atoms with van der Waals surface area (Å²) in [7, 11) is 0. The minimum Gasteiger partial charge on any atom is -0.459 e. The Balaban J connectivity index is 2.14. The van der Waals surface area contributed by atoms with Crippen molar-refractivity contribution in [1.82, 2.24) is 0 Å². The van der Waals surface area contributed by atoms with Crippen molar-refractivity contribution in [2.75, 3.05) is 13.2 Å². The maximum absolute atomic E-state index is 11.1. The Morgan fingerprint density at radius 1 is 1.62 bits per heavy atom. The summed E-state index contributed by atoms with van der Waals surface area (Å²) in [6.07, 6.45) is 1.97. The second-order valence-electron chi connectivity index (χ2n) is 2.86. The highest BCUT2D eigenvalue weighted by atomic mass is 16.6. The van der Waals surface area contributed by atoms with Gasteiger partial charge < -0.3 is 9.47 Å². The smallest absolute Gasteiger partial charge is 0.336 e. The molecule has 0 spiro atoms. The lowest BCUT2D eigenvalue weighted by atomic mass is 10.3. The van der Waals surface area contributed by atoms with E-state index >= 15 is 0 Å². The number of nitrogens with zero attached hydrogens (tertiary/aromatic N) is 1. The first-order valence-corrected chi connectivity index (χ1v) is 4.07. The zero-order chi connectivity index (χ0) is 9.68. The SMILES string of the molecule is C=C(COCC#N)C(=O)OC1CC1. The second kappa shape index (κ2) is 4.63. The van der Waals surface area contributed by atoms with E-state index in [0.29, 0.717) is 0 Å². The average Bonchev–Trinajstić information content (AvgIpc) is 2.88. The van der Waals surface area contributed by atoms with Gasteiger partial charge in [-0.05, 0) is 12.8 Å². The predicted octanol–water partition coefficient (Wildman–Crippen LogP) is 0.788. The molecular formula is C9H11NO3. The van der Waals surface area contributed by atoms with Gasteiger partial charge in [0.15, 0.2) is 0 Å². The third-order valence-electron chi connectivity index (χ3n) is 1.53. The number of ether oxygens (including phenoxy) is 2. The van der Waals surface area contributed by atoms with Gasteiger partial charge in [0.2, 0.25) is 0 Å². The van der Waals surface area contributed by atoms with Crippen molar-refractivity contribution in [3.05, 3.63) is 12.2 Å². The first-order valence-electron chi connectivity index (χ1n) is 4.07. The van der Waals surface area contributed by atoms with E-state index in [1.165, 1.54) is 0 Å². The minimum absolute atomic E-state index is 0.0320. The monoisotopic (exact) mass is 181 g/mol. The van der Waals surface area contributed by atoms with Gasteiger partial charge in [-0.1, -0.05) is 6.58 Å². The summed E-state index contributed by atoms with van der Waals surface area (Å²) >= 11 is 0. The molecule has 4 nitrogen and oxygen atoms in total. The van der Waals surface area contributed by atoms with E-state index in [1.54, 1.807) is 6.07 Å². The van der Waals surface area contributed by atoms with Crippen LogP contribution in [0.3, 0.4) is 0 Å². The molecule has 1 aliphatic carbocycles. The molecule has 0 aromatic rings. The van der Waals surface area contributed by atoms with Gasteiger partial charge in [-0.3, -0.25) is 0 Å². The number of esters is 1. The van der Waals surface area contributed by atoms with Crippen LogP contribution in [0.2, 0.25) is 0 Å². The summed E-state index contributed by atoms with van der Waals surface area (Å²) in [5.41, 5.74) is 0.266. The topological polar surface area (TPSA) is 59.3 Å². The van der Waals surface area contributed by atoms with Gasteiger partial charge in [0, 0.05) is 0 Å². The fourth-order valence-corrected chi connectivity index (χ4v) is 0.699. The van der Waals surface area contributed by atoms with Crippen LogP contribution in [0.25, 0.3) is 0 Å². The Morgan fingerprint density at radius 2 is 2.31 bits per heavy atom. The van der Waals surface area contributed by atoms with Gasteiger partial charge >= 0.3 is 5.97 Å². The van der Waals surface area contributed by atoms with Gasteiger partial charge in [-0.15, -0.1) is 0 Å². The Bertz CT molecular complexity index is 250. The van der Waals surface area contributed by atoms with Crippen molar-refractivity contribution in [2.45, 2.75) is 18.9 Å². The quantitative estimate of drug-likeness (QED) is 0.357. The van der Waals surface area contributed by atoms with E-state index in [4.69, 9.17) is 14.7 Å². The fourth-order valence-electron chi connectivity index (χ4n) is 0.699. The fraction of sp³-hybridized carbons (Fsp3) is 0.556. The van der Waals surface area contributed by atoms with E-state index in [-0.39, 0.29) is 24.9 Å². The standard InChI is InChI=1S/C9H11NO3/c1-7(6-12-5-4-10)9(11)13-8-2-3-8/h8H,1-3,5-6H2. The van der Waals surface area contributed by atoms with Crippen molar-refractivity contribution < 1.29 is 14.3 Å². The van der Waals surface area contributed by atoms with Crippen molar-refractivity contribution in [1.29, 1.82) is 5.26 Å². The maximum atomic E-state index is 11.1. The van der Waals surface area contributed by atoms with Gasteiger partial charge in [0.25, 0.3) is 0 Å². The number of carbonyl (C=O) groups is 1. The Morgan fingerprint density at radius 3 is 2.85 bits per heavy atom. The van der Waals surface area contributed by atoms with Gasteiger partial charge in [0.05, 0.1) is 18.2 Å². The van der Waals surface area contributed by atoms with Crippen LogP contribution in [0.4, 0.5) is 0 Å². The van der Waals surface area contributed by atoms with Gasteiger partial charge in [-0.2, -0.15) is 5.26 Å². The molecular weight excluding hydrogens is 170 g/mol. The Labute approximate surface area is 76.7 Å². The highest BCUT2D eigenvalue weighted by Gasteiger charge is 2.26. The normalized spacial score (nSPS) is 14.7. The van der Waals surface area contributed by atoms with E-state index in [1.807, 2.05) is 0 Å². The summed E-state index contributed by atoms with van der Waals surface area (Å²) < 4.78 is 9.76. The highest BCUT2D eigenvalue weighted by Crippen LogP contribution is 2.24. The largest absolute Gasteiger partial charge is 0.459 e. The van der Waals surface area contributed by atoms with Crippen molar-refractivity contribution in [3.63, 3.8) is 0 Å². The lowest BCUT2D eigenvalue weighted by Crippen LogP contribution is -2.13. The molecule has 0 N–H and O–H groups in total. The zero-order valence-corrected chi connectivity index (χ0v) is 7.28. The average molecular weight is 181 g/mol. The first kappa shape index (κ1) is 9.75. The molecule has 0 aliphatic heterocycles. The third kappa shape index (κ3) is 3.72. The molecule has 1 aliphatic rings. The van der Waals surface area contributed by atoms with Crippen LogP contribution in [0.1, 0.15) is 12.8 Å². The van der Waals surface area contributed by atoms with Crippen molar-refractivity contribution in [3.8, 4) is 6.07 Å². The van der Waals surface area contributed by atoms with E-state index in [9.17, 15) is 4.79 Å². The summed E-state index contributed by atoms with van der Waals surface area (Å²) in [5, 5.41) is 8.15. The van der Waals surface area contributed by atoms with Gasteiger partial charge in [0.1, 0.15) is 12.7 Å². The molecule has 0 heterocycles. The maximum Gasteiger partial charge on any atom is 0.336 e. The molecule has 0 atom stereocenters. The molecule has 70 valence electrons. The molecule has 0 unspecified atom stereocenters. The lowest BCUT2D eigenvalue weighted by Gasteiger charge is -2.04. The van der Waals surface area contributed by atoms with Crippen LogP contribution in [0.5, 0.6) is 0 Å². The predicted molar refractivity (Wildman–Crippen MR) is 44.7 cm³/mol. The number of nitriles is 1. The lowest BCUT2D eigenvalue weighted by molar-refractivity contribution is -0.140. The molecule has 0 aromatic heterocycles. The third-order valence-corrected chi connectivity index (χ3v) is 1.53. The molecule has 13 heavy (non-hydrogen) atoms. The molecule has 0 saturated heterocycles. The molecule has 0 amide bonds. The Kier molecular flexibility index (Phi) is 3.47. The van der Waals surface area contributed by atoms with Crippen LogP contribution >= 0.6 is 0 Å². The first-order chi connectivity index (χ1) is 6.24. The highest BCUT2D eigenvalue weighted by molar-refractivity contribution is 5.88. The molecule has 0 aromatic carbocycles. The van der Waals surface area contributed by atoms with Crippen molar-refractivity contribution >= 4 is 5.97 Å². The van der Waals surface area contributed by atoms with E-state index in [0.717, 1.165) is 12.8 Å². The molecule has 0 bridgehead atoms. The van der Waals surface area contributed by atoms with Crippen LogP contribution in [-0.4, -0.2) is 25.3 Å². The molecule has 4 heteroatoms. The molecule has 0 radical (unpaired) electrons. The molecule has 1 saturated carbocycles. The van der Waals surface area contributed by atoms with Gasteiger partial charge in [-0.25, -0.2) is 4.79 Å². The Hall–Kier alpha value is -1.34. The summed E-state index contributed by atoms with van der Waals surface area (Å²) in [5.74, 6) is -0.416. The van der Waals surface area contributed by atoms with E-state index in [2.05, 4.69) is 6.58 Å². The summed E-state index contributed by atoms with van der Waals surface area (Å²) in [6, 6.07) is 1.80. The molecule has 1 rings (SSSR count). The van der Waals surface area contributed by atoms with Crippen LogP contribution in [-0.2, 0) is 14.3 Å². The van der Waals surface area contributed by atoms with Crippen LogP contribution in [0.15, 0.2) is 12.2 Å².